The minimum atomic E-state index is 0.284. The summed E-state index contributed by atoms with van der Waals surface area (Å²) in [5.74, 6) is 2.46. The van der Waals surface area contributed by atoms with Gasteiger partial charge < -0.3 is 10.6 Å². The molecule has 0 aliphatic carbocycles. The quantitative estimate of drug-likeness (QED) is 0.807. The molecule has 1 aromatic heterocycles. The van der Waals surface area contributed by atoms with Crippen molar-refractivity contribution in [3.05, 3.63) is 11.8 Å². The normalized spacial score (nSPS) is 19.8. The zero-order chi connectivity index (χ0) is 11.8. The predicted molar refractivity (Wildman–Crippen MR) is 69.9 cm³/mol. The molecular weight excluding hydrogens is 220 g/mol. The van der Waals surface area contributed by atoms with Crippen molar-refractivity contribution in [2.45, 2.75) is 25.5 Å². The lowest BCUT2D eigenvalue weighted by atomic mass is 10.2. The van der Waals surface area contributed by atoms with E-state index in [2.05, 4.69) is 28.7 Å². The van der Waals surface area contributed by atoms with Crippen LogP contribution in [0.2, 0.25) is 0 Å². The third-order valence-electron chi connectivity index (χ3n) is 2.61. The summed E-state index contributed by atoms with van der Waals surface area (Å²) in [5.41, 5.74) is 6.61. The second-order valence-electron chi connectivity index (χ2n) is 4.76. The summed E-state index contributed by atoms with van der Waals surface area (Å²) in [5, 5.41) is 0. The van der Waals surface area contributed by atoms with E-state index in [-0.39, 0.29) is 4.75 Å². The van der Waals surface area contributed by atoms with Gasteiger partial charge in [0.1, 0.15) is 5.82 Å². The summed E-state index contributed by atoms with van der Waals surface area (Å²) in [4.78, 5) is 10.7. The number of aromatic nitrogens is 2. The maximum Gasteiger partial charge on any atom is 0.222 e. The van der Waals surface area contributed by atoms with Crippen LogP contribution in [0.25, 0.3) is 0 Å². The van der Waals surface area contributed by atoms with E-state index < -0.39 is 0 Å². The molecule has 16 heavy (non-hydrogen) atoms. The smallest absolute Gasteiger partial charge is 0.222 e. The van der Waals surface area contributed by atoms with E-state index in [1.165, 1.54) is 0 Å². The molecule has 1 fully saturated rings. The van der Waals surface area contributed by atoms with Gasteiger partial charge in [-0.15, -0.1) is 0 Å². The van der Waals surface area contributed by atoms with Crippen molar-refractivity contribution in [2.24, 2.45) is 0 Å². The lowest BCUT2D eigenvalue weighted by Crippen LogP contribution is -2.43. The average molecular weight is 238 g/mol. The van der Waals surface area contributed by atoms with Crippen LogP contribution in [0.15, 0.2) is 6.07 Å². The van der Waals surface area contributed by atoms with Crippen molar-refractivity contribution in [3.63, 3.8) is 0 Å². The molecule has 1 aliphatic rings. The minimum absolute atomic E-state index is 0.284. The van der Waals surface area contributed by atoms with Crippen molar-refractivity contribution in [1.82, 2.24) is 9.97 Å². The first-order valence-electron chi connectivity index (χ1n) is 5.46. The van der Waals surface area contributed by atoms with E-state index >= 15 is 0 Å². The van der Waals surface area contributed by atoms with Gasteiger partial charge in [-0.1, -0.05) is 0 Å². The van der Waals surface area contributed by atoms with Gasteiger partial charge in [0, 0.05) is 35.3 Å². The van der Waals surface area contributed by atoms with Gasteiger partial charge in [0.05, 0.1) is 0 Å². The Labute approximate surface area is 101 Å². The van der Waals surface area contributed by atoms with Gasteiger partial charge in [0.25, 0.3) is 0 Å². The largest absolute Gasteiger partial charge is 0.368 e. The van der Waals surface area contributed by atoms with E-state index in [1.54, 1.807) is 0 Å². The van der Waals surface area contributed by atoms with Gasteiger partial charge in [-0.05, 0) is 20.8 Å². The van der Waals surface area contributed by atoms with Crippen LogP contribution in [0.5, 0.6) is 0 Å². The molecule has 0 amide bonds. The standard InChI is InChI=1S/C11H18N4S/c1-8-6-9(14-10(12)13-8)15-4-5-16-11(2,3)7-15/h6H,4-5,7H2,1-3H3,(H2,12,13,14). The fourth-order valence-electron chi connectivity index (χ4n) is 1.95. The van der Waals surface area contributed by atoms with Gasteiger partial charge in [-0.2, -0.15) is 16.7 Å². The number of thioether (sulfide) groups is 1. The molecule has 2 heterocycles. The molecule has 0 bridgehead atoms. The van der Waals surface area contributed by atoms with Gasteiger partial charge in [-0.25, -0.2) is 4.98 Å². The Balaban J connectivity index is 2.23. The van der Waals surface area contributed by atoms with Crippen LogP contribution in [0.3, 0.4) is 0 Å². The van der Waals surface area contributed by atoms with Crippen LogP contribution in [-0.2, 0) is 0 Å². The van der Waals surface area contributed by atoms with Crippen LogP contribution in [0.4, 0.5) is 11.8 Å². The summed E-state index contributed by atoms with van der Waals surface area (Å²) in [6.45, 7) is 8.52. The number of aryl methyl sites for hydroxylation is 1. The number of rotatable bonds is 1. The highest BCUT2D eigenvalue weighted by atomic mass is 32.2. The van der Waals surface area contributed by atoms with Crippen LogP contribution in [-0.4, -0.2) is 33.6 Å². The molecule has 4 nitrogen and oxygen atoms in total. The summed E-state index contributed by atoms with van der Waals surface area (Å²) in [7, 11) is 0. The highest BCUT2D eigenvalue weighted by molar-refractivity contribution is 8.00. The number of nitrogens with zero attached hydrogens (tertiary/aromatic N) is 3. The average Bonchev–Trinajstić information content (AvgIpc) is 2.14. The summed E-state index contributed by atoms with van der Waals surface area (Å²) in [6.07, 6.45) is 0. The van der Waals surface area contributed by atoms with Crippen molar-refractivity contribution in [1.29, 1.82) is 0 Å². The van der Waals surface area contributed by atoms with Crippen LogP contribution >= 0.6 is 11.8 Å². The Morgan fingerprint density at radius 3 is 2.81 bits per heavy atom. The Kier molecular flexibility index (Phi) is 2.97. The van der Waals surface area contributed by atoms with Crippen molar-refractivity contribution >= 4 is 23.5 Å². The van der Waals surface area contributed by atoms with Crippen molar-refractivity contribution < 1.29 is 0 Å². The first-order valence-corrected chi connectivity index (χ1v) is 6.45. The number of hydrogen-bond donors (Lipinski definition) is 1. The molecule has 1 aromatic rings. The van der Waals surface area contributed by atoms with Gasteiger partial charge in [-0.3, -0.25) is 0 Å². The maximum absolute atomic E-state index is 5.68. The van der Waals surface area contributed by atoms with E-state index in [9.17, 15) is 0 Å². The zero-order valence-electron chi connectivity index (χ0n) is 10.0. The van der Waals surface area contributed by atoms with Gasteiger partial charge in [0.15, 0.2) is 0 Å². The second kappa shape index (κ2) is 4.13. The molecular formula is C11H18N4S. The highest BCUT2D eigenvalue weighted by Crippen LogP contribution is 2.31. The molecule has 88 valence electrons. The molecule has 0 aromatic carbocycles. The Bertz CT molecular complexity index is 371. The summed E-state index contributed by atoms with van der Waals surface area (Å²) in [6, 6.07) is 2.00. The first-order chi connectivity index (χ1) is 7.46. The minimum Gasteiger partial charge on any atom is -0.368 e. The van der Waals surface area contributed by atoms with E-state index in [4.69, 9.17) is 5.73 Å². The first kappa shape index (κ1) is 11.5. The molecule has 0 atom stereocenters. The predicted octanol–water partition coefficient (Wildman–Crippen LogP) is 1.70. The third-order valence-corrected chi connectivity index (χ3v) is 3.90. The number of nitrogens with two attached hydrogens (primary N) is 1. The monoisotopic (exact) mass is 238 g/mol. The molecule has 2 N–H and O–H groups in total. The fourth-order valence-corrected chi connectivity index (χ4v) is 3.06. The molecule has 0 radical (unpaired) electrons. The molecule has 1 aliphatic heterocycles. The van der Waals surface area contributed by atoms with E-state index in [0.717, 1.165) is 30.4 Å². The molecule has 1 saturated heterocycles. The molecule has 0 spiro atoms. The highest BCUT2D eigenvalue weighted by Gasteiger charge is 2.27. The van der Waals surface area contributed by atoms with Crippen molar-refractivity contribution in [3.8, 4) is 0 Å². The lowest BCUT2D eigenvalue weighted by Gasteiger charge is -2.38. The van der Waals surface area contributed by atoms with Crippen LogP contribution in [0.1, 0.15) is 19.5 Å². The topological polar surface area (TPSA) is 55.0 Å². The van der Waals surface area contributed by atoms with Crippen molar-refractivity contribution in [2.75, 3.05) is 29.5 Å². The SMILES string of the molecule is Cc1cc(N2CCSC(C)(C)C2)nc(N)n1. The Morgan fingerprint density at radius 1 is 1.44 bits per heavy atom. The molecule has 0 unspecified atom stereocenters. The number of anilines is 2. The molecule has 5 heteroatoms. The second-order valence-corrected chi connectivity index (χ2v) is 6.56. The van der Waals surface area contributed by atoms with Gasteiger partial charge >= 0.3 is 0 Å². The maximum atomic E-state index is 5.68. The van der Waals surface area contributed by atoms with E-state index in [1.807, 2.05) is 24.8 Å². The Hall–Kier alpha value is -0.970. The summed E-state index contributed by atoms with van der Waals surface area (Å²) < 4.78 is 0.284. The van der Waals surface area contributed by atoms with E-state index in [0.29, 0.717) is 5.95 Å². The molecule has 0 saturated carbocycles. The fraction of sp³-hybridized carbons (Fsp3) is 0.636. The van der Waals surface area contributed by atoms with Gasteiger partial charge in [0.2, 0.25) is 5.95 Å². The lowest BCUT2D eigenvalue weighted by molar-refractivity contribution is 0.641. The Morgan fingerprint density at radius 2 is 2.19 bits per heavy atom. The van der Waals surface area contributed by atoms with Crippen LogP contribution in [0, 0.1) is 6.92 Å². The number of nitrogen functional groups attached to an aromatic ring is 1. The number of hydrogen-bond acceptors (Lipinski definition) is 5. The van der Waals surface area contributed by atoms with Crippen LogP contribution < -0.4 is 10.6 Å². The third kappa shape index (κ3) is 2.58. The zero-order valence-corrected chi connectivity index (χ0v) is 10.8. The summed E-state index contributed by atoms with van der Waals surface area (Å²) >= 11 is 2.01. The molecule has 2 rings (SSSR count).